The van der Waals surface area contributed by atoms with Crippen molar-refractivity contribution in [2.45, 2.75) is 37.5 Å². The van der Waals surface area contributed by atoms with Gasteiger partial charge in [0.1, 0.15) is 0 Å². The summed E-state index contributed by atoms with van der Waals surface area (Å²) >= 11 is 0. The molecule has 4 rings (SSSR count). The van der Waals surface area contributed by atoms with Crippen LogP contribution in [0.1, 0.15) is 19.3 Å². The number of hydrogen-bond donors (Lipinski definition) is 2. The Morgan fingerprint density at radius 2 is 1.94 bits per heavy atom. The van der Waals surface area contributed by atoms with E-state index < -0.39 is 0 Å². The Kier molecular flexibility index (Phi) is 3.16. The summed E-state index contributed by atoms with van der Waals surface area (Å²) in [7, 11) is 0. The van der Waals surface area contributed by atoms with Crippen LogP contribution in [0.3, 0.4) is 0 Å². The number of nitrogens with one attached hydrogen (secondary N) is 1. The predicted molar refractivity (Wildman–Crippen MR) is 63.3 cm³/mol. The topological polar surface area (TPSA) is 50.5 Å². The van der Waals surface area contributed by atoms with Crippen LogP contribution in [0.25, 0.3) is 0 Å². The van der Waals surface area contributed by atoms with Gasteiger partial charge >= 0.3 is 0 Å². The highest BCUT2D eigenvalue weighted by Gasteiger charge is 2.37. The summed E-state index contributed by atoms with van der Waals surface area (Å²) in [6.07, 6.45) is 4.46. The van der Waals surface area contributed by atoms with E-state index in [9.17, 15) is 0 Å². The minimum atomic E-state index is 0.184. The van der Waals surface area contributed by atoms with Crippen molar-refractivity contribution in [2.24, 2.45) is 11.7 Å². The van der Waals surface area contributed by atoms with Crippen LogP contribution in [-0.4, -0.2) is 55.9 Å². The standard InChI is InChI=1S/C12H23N3O/c13-10-7-14-4-1-11(10)16-12-8-15-5-2-9(12)3-6-15/h9-12,14H,1-8,13H2. The molecule has 0 aromatic heterocycles. The highest BCUT2D eigenvalue weighted by molar-refractivity contribution is 4.90. The number of fused-ring (bicyclic) bond motifs is 3. The SMILES string of the molecule is NC1CNCCC1OC1CN2CCC1CC2. The fraction of sp³-hybridized carbons (Fsp3) is 1.00. The van der Waals surface area contributed by atoms with Crippen LogP contribution in [0, 0.1) is 5.92 Å². The Hall–Kier alpha value is -0.160. The monoisotopic (exact) mass is 225 g/mol. The molecule has 4 aliphatic rings. The maximum atomic E-state index is 6.27. The molecule has 4 nitrogen and oxygen atoms in total. The first kappa shape index (κ1) is 11.0. The minimum absolute atomic E-state index is 0.184. The van der Waals surface area contributed by atoms with Gasteiger partial charge in [0.15, 0.2) is 0 Å². The highest BCUT2D eigenvalue weighted by Crippen LogP contribution is 2.30. The lowest BCUT2D eigenvalue weighted by Crippen LogP contribution is -2.56. The van der Waals surface area contributed by atoms with Crippen LogP contribution < -0.4 is 11.1 Å². The van der Waals surface area contributed by atoms with E-state index in [4.69, 9.17) is 10.5 Å². The fourth-order valence-electron chi connectivity index (χ4n) is 3.32. The molecule has 0 amide bonds. The number of hydrogen-bond acceptors (Lipinski definition) is 4. The van der Waals surface area contributed by atoms with Crippen molar-refractivity contribution in [3.05, 3.63) is 0 Å². The van der Waals surface area contributed by atoms with Crippen molar-refractivity contribution in [1.29, 1.82) is 0 Å². The van der Waals surface area contributed by atoms with E-state index in [1.54, 1.807) is 0 Å². The van der Waals surface area contributed by atoms with Crippen molar-refractivity contribution < 1.29 is 4.74 Å². The first-order chi connectivity index (χ1) is 7.83. The number of ether oxygens (including phenoxy) is 1. The first-order valence-corrected chi connectivity index (χ1v) is 6.67. The van der Waals surface area contributed by atoms with Gasteiger partial charge in [-0.3, -0.25) is 0 Å². The van der Waals surface area contributed by atoms with Crippen LogP contribution in [-0.2, 0) is 4.74 Å². The third kappa shape index (κ3) is 2.12. The van der Waals surface area contributed by atoms with E-state index in [0.29, 0.717) is 6.10 Å². The van der Waals surface area contributed by atoms with Gasteiger partial charge in [-0.15, -0.1) is 0 Å². The number of piperidine rings is 4. The van der Waals surface area contributed by atoms with Crippen LogP contribution in [0.4, 0.5) is 0 Å². The summed E-state index contributed by atoms with van der Waals surface area (Å²) in [5.74, 6) is 0.798. The molecule has 92 valence electrons. The lowest BCUT2D eigenvalue weighted by Gasteiger charge is -2.46. The Labute approximate surface area is 97.5 Å². The molecule has 3 unspecified atom stereocenters. The quantitative estimate of drug-likeness (QED) is 0.682. The Morgan fingerprint density at radius 3 is 2.56 bits per heavy atom. The molecule has 2 bridgehead atoms. The lowest BCUT2D eigenvalue weighted by molar-refractivity contribution is -0.114. The molecule has 0 saturated carbocycles. The first-order valence-electron chi connectivity index (χ1n) is 6.67. The molecule has 0 radical (unpaired) electrons. The summed E-state index contributed by atoms with van der Waals surface area (Å²) in [4.78, 5) is 2.54. The highest BCUT2D eigenvalue weighted by atomic mass is 16.5. The van der Waals surface area contributed by atoms with Crippen molar-refractivity contribution in [1.82, 2.24) is 10.2 Å². The zero-order chi connectivity index (χ0) is 11.0. The molecule has 16 heavy (non-hydrogen) atoms. The fourth-order valence-corrected chi connectivity index (χ4v) is 3.32. The smallest absolute Gasteiger partial charge is 0.0755 e. The second kappa shape index (κ2) is 4.61. The predicted octanol–water partition coefficient (Wildman–Crippen LogP) is -0.214. The average molecular weight is 225 g/mol. The van der Waals surface area contributed by atoms with Crippen molar-refractivity contribution >= 4 is 0 Å². The molecule has 3 N–H and O–H groups in total. The average Bonchev–Trinajstić information content (AvgIpc) is 2.34. The van der Waals surface area contributed by atoms with Gasteiger partial charge in [-0.25, -0.2) is 0 Å². The van der Waals surface area contributed by atoms with Gasteiger partial charge in [-0.2, -0.15) is 0 Å². The number of nitrogens with zero attached hydrogens (tertiary/aromatic N) is 1. The normalized spacial score (nSPS) is 48.2. The zero-order valence-corrected chi connectivity index (χ0v) is 9.90. The van der Waals surface area contributed by atoms with Gasteiger partial charge in [0.05, 0.1) is 12.2 Å². The molecule has 0 spiro atoms. The second-order valence-electron chi connectivity index (χ2n) is 5.51. The molecule has 4 aliphatic heterocycles. The van der Waals surface area contributed by atoms with Crippen LogP contribution in [0.15, 0.2) is 0 Å². The molecule has 0 aliphatic carbocycles. The third-order valence-corrected chi connectivity index (χ3v) is 4.41. The Morgan fingerprint density at radius 1 is 1.12 bits per heavy atom. The molecule has 4 saturated heterocycles. The largest absolute Gasteiger partial charge is 0.372 e. The van der Waals surface area contributed by atoms with Gasteiger partial charge in [-0.05, 0) is 44.8 Å². The summed E-state index contributed by atoms with van der Waals surface area (Å²) < 4.78 is 6.27. The lowest BCUT2D eigenvalue weighted by atomic mass is 9.85. The van der Waals surface area contributed by atoms with Gasteiger partial charge in [0.25, 0.3) is 0 Å². The van der Waals surface area contributed by atoms with Crippen molar-refractivity contribution in [3.63, 3.8) is 0 Å². The summed E-state index contributed by atoms with van der Waals surface area (Å²) in [6, 6.07) is 0.184. The van der Waals surface area contributed by atoms with E-state index in [1.165, 1.54) is 25.9 Å². The number of nitrogens with two attached hydrogens (primary N) is 1. The minimum Gasteiger partial charge on any atom is -0.372 e. The van der Waals surface area contributed by atoms with Gasteiger partial charge in [0, 0.05) is 19.1 Å². The molecule has 4 fully saturated rings. The van der Waals surface area contributed by atoms with Gasteiger partial charge in [-0.1, -0.05) is 0 Å². The Balaban J connectivity index is 1.57. The van der Waals surface area contributed by atoms with Gasteiger partial charge in [0.2, 0.25) is 0 Å². The van der Waals surface area contributed by atoms with Crippen LogP contribution >= 0.6 is 0 Å². The zero-order valence-electron chi connectivity index (χ0n) is 9.90. The molecule has 4 heterocycles. The molecule has 4 heteroatoms. The molecular weight excluding hydrogens is 202 g/mol. The number of rotatable bonds is 2. The van der Waals surface area contributed by atoms with E-state index >= 15 is 0 Å². The van der Waals surface area contributed by atoms with Crippen LogP contribution in [0.5, 0.6) is 0 Å². The Bertz CT molecular complexity index is 240. The molecule has 3 atom stereocenters. The summed E-state index contributed by atoms with van der Waals surface area (Å²) in [6.45, 7) is 5.66. The van der Waals surface area contributed by atoms with Crippen molar-refractivity contribution in [2.75, 3.05) is 32.7 Å². The summed E-state index contributed by atoms with van der Waals surface area (Å²) in [5, 5.41) is 3.32. The molecule has 0 aromatic rings. The van der Waals surface area contributed by atoms with E-state index in [-0.39, 0.29) is 12.1 Å². The molecular formula is C12H23N3O. The maximum absolute atomic E-state index is 6.27. The van der Waals surface area contributed by atoms with E-state index in [1.807, 2.05) is 0 Å². The molecule has 0 aromatic carbocycles. The summed E-state index contributed by atoms with van der Waals surface area (Å²) in [5.41, 5.74) is 6.09. The van der Waals surface area contributed by atoms with E-state index in [2.05, 4.69) is 10.2 Å². The van der Waals surface area contributed by atoms with Crippen molar-refractivity contribution in [3.8, 4) is 0 Å². The van der Waals surface area contributed by atoms with E-state index in [0.717, 1.165) is 32.0 Å². The van der Waals surface area contributed by atoms with Gasteiger partial charge < -0.3 is 20.7 Å². The third-order valence-electron chi connectivity index (χ3n) is 4.41. The van der Waals surface area contributed by atoms with Crippen LogP contribution in [0.2, 0.25) is 0 Å². The second-order valence-corrected chi connectivity index (χ2v) is 5.51. The maximum Gasteiger partial charge on any atom is 0.0755 e.